The number of rotatable bonds is 7. The average Bonchev–Trinajstić information content (AvgIpc) is 2.43. The number of carbonyl (C=O) groups excluding carboxylic acids is 1. The van der Waals surface area contributed by atoms with Crippen molar-refractivity contribution in [3.8, 4) is 0 Å². The molecule has 124 valence electrons. The van der Waals surface area contributed by atoms with E-state index >= 15 is 0 Å². The lowest BCUT2D eigenvalue weighted by molar-refractivity contribution is -0.131. The standard InChI is InChI=1S/C16H34N4O/c1-13(2)12-15(17)16(21)20(5)11-10-19(4)14-6-8-18(3)9-7-14/h13-15H,6-12,17H2,1-5H3/t15-/m0/s1. The molecule has 5 heteroatoms. The highest BCUT2D eigenvalue weighted by atomic mass is 16.2. The van der Waals surface area contributed by atoms with E-state index in [-0.39, 0.29) is 11.9 Å². The third-order valence-corrected chi connectivity index (χ3v) is 4.52. The van der Waals surface area contributed by atoms with E-state index < -0.39 is 0 Å². The summed E-state index contributed by atoms with van der Waals surface area (Å²) in [5.41, 5.74) is 5.97. The van der Waals surface area contributed by atoms with Gasteiger partial charge in [0, 0.05) is 26.2 Å². The Morgan fingerprint density at radius 2 is 1.81 bits per heavy atom. The van der Waals surface area contributed by atoms with Gasteiger partial charge in [-0.05, 0) is 52.4 Å². The Morgan fingerprint density at radius 3 is 2.33 bits per heavy atom. The van der Waals surface area contributed by atoms with Gasteiger partial charge in [0.25, 0.3) is 0 Å². The Labute approximate surface area is 130 Å². The molecule has 0 unspecified atom stereocenters. The molecule has 21 heavy (non-hydrogen) atoms. The van der Waals surface area contributed by atoms with Gasteiger partial charge < -0.3 is 20.4 Å². The number of hydrogen-bond acceptors (Lipinski definition) is 4. The lowest BCUT2D eigenvalue weighted by atomic mass is 10.0. The largest absolute Gasteiger partial charge is 0.343 e. The van der Waals surface area contributed by atoms with Crippen molar-refractivity contribution in [3.05, 3.63) is 0 Å². The van der Waals surface area contributed by atoms with Gasteiger partial charge >= 0.3 is 0 Å². The van der Waals surface area contributed by atoms with Crippen molar-refractivity contribution in [2.75, 3.05) is 47.3 Å². The predicted octanol–water partition coefficient (Wildman–Crippen LogP) is 0.844. The fourth-order valence-electron chi connectivity index (χ4n) is 2.93. The third-order valence-electron chi connectivity index (χ3n) is 4.52. The van der Waals surface area contributed by atoms with Gasteiger partial charge in [0.05, 0.1) is 6.04 Å². The number of carbonyl (C=O) groups is 1. The van der Waals surface area contributed by atoms with Crippen LogP contribution in [0.4, 0.5) is 0 Å². The van der Waals surface area contributed by atoms with Crippen LogP contribution in [0.25, 0.3) is 0 Å². The highest BCUT2D eigenvalue weighted by molar-refractivity contribution is 5.81. The van der Waals surface area contributed by atoms with Crippen LogP contribution in [0.15, 0.2) is 0 Å². The van der Waals surface area contributed by atoms with E-state index in [4.69, 9.17) is 5.73 Å². The number of likely N-dealkylation sites (N-methyl/N-ethyl adjacent to an activating group) is 2. The Balaban J connectivity index is 2.31. The Hall–Kier alpha value is -0.650. The van der Waals surface area contributed by atoms with Gasteiger partial charge in [0.1, 0.15) is 0 Å². The number of nitrogens with zero attached hydrogens (tertiary/aromatic N) is 3. The molecule has 1 rings (SSSR count). The molecule has 1 fully saturated rings. The first-order chi connectivity index (χ1) is 9.81. The van der Waals surface area contributed by atoms with Crippen molar-refractivity contribution in [2.45, 2.75) is 45.2 Å². The first kappa shape index (κ1) is 18.4. The minimum Gasteiger partial charge on any atom is -0.343 e. The van der Waals surface area contributed by atoms with Crippen LogP contribution >= 0.6 is 0 Å². The fourth-order valence-corrected chi connectivity index (χ4v) is 2.93. The molecule has 0 saturated carbocycles. The first-order valence-corrected chi connectivity index (χ1v) is 8.20. The van der Waals surface area contributed by atoms with E-state index in [0.29, 0.717) is 12.0 Å². The van der Waals surface area contributed by atoms with Crippen molar-refractivity contribution in [3.63, 3.8) is 0 Å². The van der Waals surface area contributed by atoms with Crippen molar-refractivity contribution < 1.29 is 4.79 Å². The van der Waals surface area contributed by atoms with Gasteiger partial charge in [-0.15, -0.1) is 0 Å². The maximum atomic E-state index is 12.2. The molecule has 0 bridgehead atoms. The van der Waals surface area contributed by atoms with Gasteiger partial charge in [-0.25, -0.2) is 0 Å². The first-order valence-electron chi connectivity index (χ1n) is 8.20. The zero-order valence-corrected chi connectivity index (χ0v) is 14.5. The predicted molar refractivity (Wildman–Crippen MR) is 88.2 cm³/mol. The second-order valence-corrected chi connectivity index (χ2v) is 7.01. The molecule has 0 aromatic heterocycles. The maximum Gasteiger partial charge on any atom is 0.239 e. The summed E-state index contributed by atoms with van der Waals surface area (Å²) in [5, 5.41) is 0. The molecule has 1 heterocycles. The number of piperidine rings is 1. The van der Waals surface area contributed by atoms with Crippen LogP contribution in [-0.2, 0) is 4.79 Å². The molecule has 1 saturated heterocycles. The fraction of sp³-hybridized carbons (Fsp3) is 0.938. The molecule has 1 aliphatic rings. The van der Waals surface area contributed by atoms with Crippen molar-refractivity contribution >= 4 is 5.91 Å². The van der Waals surface area contributed by atoms with E-state index in [1.54, 1.807) is 4.90 Å². The van der Waals surface area contributed by atoms with Crippen LogP contribution in [0.3, 0.4) is 0 Å². The average molecular weight is 298 g/mol. The molecule has 5 nitrogen and oxygen atoms in total. The third kappa shape index (κ3) is 6.32. The number of nitrogens with two attached hydrogens (primary N) is 1. The van der Waals surface area contributed by atoms with E-state index in [0.717, 1.165) is 19.5 Å². The quantitative estimate of drug-likeness (QED) is 0.757. The van der Waals surface area contributed by atoms with E-state index in [2.05, 4.69) is 37.7 Å². The monoisotopic (exact) mass is 298 g/mol. The van der Waals surface area contributed by atoms with E-state index in [1.165, 1.54) is 25.9 Å². The summed E-state index contributed by atoms with van der Waals surface area (Å²) in [7, 11) is 6.21. The molecule has 1 aliphatic heterocycles. The minimum absolute atomic E-state index is 0.0699. The molecular weight excluding hydrogens is 264 g/mol. The highest BCUT2D eigenvalue weighted by Gasteiger charge is 2.22. The molecule has 1 amide bonds. The number of likely N-dealkylation sites (tertiary alicyclic amines) is 1. The van der Waals surface area contributed by atoms with Gasteiger partial charge in [-0.3, -0.25) is 4.79 Å². The van der Waals surface area contributed by atoms with Gasteiger partial charge in [-0.1, -0.05) is 13.8 Å². The zero-order valence-electron chi connectivity index (χ0n) is 14.5. The summed E-state index contributed by atoms with van der Waals surface area (Å²) in [6, 6.07) is 0.290. The van der Waals surface area contributed by atoms with E-state index in [9.17, 15) is 4.79 Å². The molecule has 0 spiro atoms. The lowest BCUT2D eigenvalue weighted by Crippen LogP contribution is -2.47. The van der Waals surface area contributed by atoms with Crippen LogP contribution in [-0.4, -0.2) is 80.0 Å². The summed E-state index contributed by atoms with van der Waals surface area (Å²) >= 11 is 0. The van der Waals surface area contributed by atoms with Crippen molar-refractivity contribution in [1.29, 1.82) is 0 Å². The summed E-state index contributed by atoms with van der Waals surface area (Å²) in [6.45, 7) is 8.21. The van der Waals surface area contributed by atoms with Crippen LogP contribution in [0.2, 0.25) is 0 Å². The minimum atomic E-state index is -0.358. The number of hydrogen-bond donors (Lipinski definition) is 1. The molecule has 0 aromatic carbocycles. The molecule has 2 N–H and O–H groups in total. The topological polar surface area (TPSA) is 52.8 Å². The Kier molecular flexibility index (Phi) is 7.63. The van der Waals surface area contributed by atoms with Crippen molar-refractivity contribution in [2.24, 2.45) is 11.7 Å². The second-order valence-electron chi connectivity index (χ2n) is 7.01. The molecule has 1 atom stereocenters. The van der Waals surface area contributed by atoms with Gasteiger partial charge in [0.15, 0.2) is 0 Å². The lowest BCUT2D eigenvalue weighted by Gasteiger charge is -2.36. The smallest absolute Gasteiger partial charge is 0.239 e. The molecule has 0 aliphatic carbocycles. The van der Waals surface area contributed by atoms with Crippen molar-refractivity contribution in [1.82, 2.24) is 14.7 Å². The summed E-state index contributed by atoms with van der Waals surface area (Å²) < 4.78 is 0. The van der Waals surface area contributed by atoms with E-state index in [1.807, 2.05) is 7.05 Å². The van der Waals surface area contributed by atoms with Crippen LogP contribution in [0, 0.1) is 5.92 Å². The zero-order chi connectivity index (χ0) is 16.0. The Morgan fingerprint density at radius 1 is 1.24 bits per heavy atom. The second kappa shape index (κ2) is 8.71. The molecular formula is C16H34N4O. The normalized spacial score (nSPS) is 19.2. The van der Waals surface area contributed by atoms with Crippen LogP contribution in [0.1, 0.15) is 33.1 Å². The summed E-state index contributed by atoms with van der Waals surface area (Å²) in [6.07, 6.45) is 3.20. The van der Waals surface area contributed by atoms with Gasteiger partial charge in [0.2, 0.25) is 5.91 Å². The summed E-state index contributed by atoms with van der Waals surface area (Å²) in [4.78, 5) is 18.7. The molecule has 0 radical (unpaired) electrons. The maximum absolute atomic E-state index is 12.2. The van der Waals surface area contributed by atoms with Gasteiger partial charge in [-0.2, -0.15) is 0 Å². The van der Waals surface area contributed by atoms with Crippen LogP contribution < -0.4 is 5.73 Å². The highest BCUT2D eigenvalue weighted by Crippen LogP contribution is 2.14. The Bertz CT molecular complexity index is 313. The van der Waals surface area contributed by atoms with Crippen LogP contribution in [0.5, 0.6) is 0 Å². The molecule has 0 aromatic rings. The summed E-state index contributed by atoms with van der Waals surface area (Å²) in [5.74, 6) is 0.528. The SMILES string of the molecule is CC(C)C[C@H](N)C(=O)N(C)CCN(C)C1CCN(C)CC1. The number of amides is 1.